The summed E-state index contributed by atoms with van der Waals surface area (Å²) in [6.07, 6.45) is 1.92. The molecule has 0 radical (unpaired) electrons. The Morgan fingerprint density at radius 1 is 1.11 bits per heavy atom. The number of fused-ring (bicyclic) bond motifs is 2. The Morgan fingerprint density at radius 2 is 1.89 bits per heavy atom. The Hall–Kier alpha value is -4.43. The topological polar surface area (TPSA) is 109 Å². The summed E-state index contributed by atoms with van der Waals surface area (Å²) >= 11 is 0. The number of hydrogen-bond acceptors (Lipinski definition) is 6. The third kappa shape index (κ3) is 4.01. The molecule has 0 saturated heterocycles. The molecule has 2 aromatic heterocycles. The summed E-state index contributed by atoms with van der Waals surface area (Å²) in [6, 6.07) is 16.2. The van der Waals surface area contributed by atoms with E-state index in [1.165, 1.54) is 0 Å². The Kier molecular flexibility index (Phi) is 5.81. The van der Waals surface area contributed by atoms with Crippen molar-refractivity contribution in [1.82, 2.24) is 15.3 Å². The van der Waals surface area contributed by atoms with E-state index in [2.05, 4.69) is 10.4 Å². The third-order valence-corrected chi connectivity index (χ3v) is 6.38. The minimum absolute atomic E-state index is 0.0882. The number of amides is 1. The highest BCUT2D eigenvalue weighted by molar-refractivity contribution is 5.99. The smallest absolute Gasteiger partial charge is 0.276 e. The Bertz CT molecular complexity index is 1700. The fourth-order valence-electron chi connectivity index (χ4n) is 4.63. The van der Waals surface area contributed by atoms with E-state index >= 15 is 0 Å². The van der Waals surface area contributed by atoms with Crippen LogP contribution in [0.2, 0.25) is 0 Å². The maximum Gasteiger partial charge on any atom is 0.276 e. The fourth-order valence-corrected chi connectivity index (χ4v) is 4.63. The van der Waals surface area contributed by atoms with Crippen LogP contribution in [0.15, 0.2) is 70.0 Å². The summed E-state index contributed by atoms with van der Waals surface area (Å²) in [4.78, 5) is 25.6. The van der Waals surface area contributed by atoms with Crippen LogP contribution in [0.3, 0.4) is 0 Å². The Labute approximate surface area is 207 Å². The van der Waals surface area contributed by atoms with Crippen LogP contribution in [0.1, 0.15) is 40.0 Å². The number of hydrogen-bond donors (Lipinski definition) is 3. The van der Waals surface area contributed by atoms with Crippen LogP contribution < -0.4 is 16.2 Å². The molecule has 8 heteroatoms. The SMILES string of the molecule is Cc1cc(C(C)Nc2ccccc2C(=O)NO)c2oc(-c3ccc4nn(C)cc4c3)c(C)c(=O)c2c1. The lowest BCUT2D eigenvalue weighted by Gasteiger charge is -2.20. The third-order valence-electron chi connectivity index (χ3n) is 6.38. The van der Waals surface area contributed by atoms with Gasteiger partial charge in [0.1, 0.15) is 11.3 Å². The fraction of sp³-hybridized carbons (Fsp3) is 0.179. The van der Waals surface area contributed by atoms with Crippen LogP contribution in [-0.2, 0) is 7.05 Å². The number of nitrogens with one attached hydrogen (secondary N) is 2. The molecule has 5 aromatic rings. The zero-order chi connectivity index (χ0) is 25.6. The number of carbonyl (C=O) groups is 1. The number of anilines is 1. The van der Waals surface area contributed by atoms with Gasteiger partial charge in [-0.15, -0.1) is 0 Å². The van der Waals surface area contributed by atoms with Crippen molar-refractivity contribution in [2.45, 2.75) is 26.8 Å². The molecular weight excluding hydrogens is 456 g/mol. The molecule has 1 unspecified atom stereocenters. The zero-order valence-corrected chi connectivity index (χ0v) is 20.4. The van der Waals surface area contributed by atoms with E-state index in [1.54, 1.807) is 41.4 Å². The van der Waals surface area contributed by atoms with Crippen molar-refractivity contribution in [3.8, 4) is 11.3 Å². The average molecular weight is 483 g/mol. The predicted octanol–water partition coefficient (Wildman–Crippen LogP) is 5.26. The Balaban J connectivity index is 1.66. The maximum absolute atomic E-state index is 13.5. The molecule has 0 saturated carbocycles. The van der Waals surface area contributed by atoms with Gasteiger partial charge >= 0.3 is 0 Å². The summed E-state index contributed by atoms with van der Waals surface area (Å²) < 4.78 is 8.22. The first kappa shape index (κ1) is 23.3. The van der Waals surface area contributed by atoms with Gasteiger partial charge in [-0.25, -0.2) is 5.48 Å². The van der Waals surface area contributed by atoms with Crippen LogP contribution in [0, 0.1) is 13.8 Å². The molecule has 1 atom stereocenters. The van der Waals surface area contributed by atoms with E-state index in [-0.39, 0.29) is 11.5 Å². The normalized spacial score (nSPS) is 12.1. The number of carbonyl (C=O) groups excluding carboxylic acids is 1. The molecule has 0 fully saturated rings. The minimum atomic E-state index is -0.616. The van der Waals surface area contributed by atoms with Gasteiger partial charge in [-0.2, -0.15) is 5.10 Å². The van der Waals surface area contributed by atoms with E-state index in [0.717, 1.165) is 27.6 Å². The number of para-hydroxylation sites is 1. The largest absolute Gasteiger partial charge is 0.455 e. The van der Waals surface area contributed by atoms with Gasteiger partial charge in [-0.05, 0) is 62.7 Å². The van der Waals surface area contributed by atoms with Gasteiger partial charge in [-0.3, -0.25) is 19.5 Å². The number of nitrogens with zero attached hydrogens (tertiary/aromatic N) is 2. The van der Waals surface area contributed by atoms with Gasteiger partial charge in [-0.1, -0.05) is 18.2 Å². The first-order valence-corrected chi connectivity index (χ1v) is 11.6. The number of hydroxylamine groups is 1. The summed E-state index contributed by atoms with van der Waals surface area (Å²) in [7, 11) is 1.87. The highest BCUT2D eigenvalue weighted by Gasteiger charge is 2.20. The molecule has 0 aliphatic heterocycles. The average Bonchev–Trinajstić information content (AvgIpc) is 3.25. The van der Waals surface area contributed by atoms with E-state index in [1.807, 2.05) is 57.4 Å². The van der Waals surface area contributed by atoms with Crippen LogP contribution in [0.5, 0.6) is 0 Å². The standard InChI is InChI=1S/C28H26N4O4/c1-15-11-21(17(3)29-24-8-6-5-7-20(24)28(34)31-35)27-22(12-15)25(33)16(2)26(36-27)18-9-10-23-19(13-18)14-32(4)30-23/h5-14,17,29,35H,1-4H3,(H,31,34). The molecule has 3 N–H and O–H groups in total. The first-order chi connectivity index (χ1) is 17.3. The minimum Gasteiger partial charge on any atom is -0.455 e. The van der Waals surface area contributed by atoms with Crippen LogP contribution in [0.25, 0.3) is 33.2 Å². The van der Waals surface area contributed by atoms with Gasteiger partial charge in [0.15, 0.2) is 5.43 Å². The summed E-state index contributed by atoms with van der Waals surface area (Å²) in [5.41, 5.74) is 6.82. The lowest BCUT2D eigenvalue weighted by Crippen LogP contribution is -2.21. The quantitative estimate of drug-likeness (QED) is 0.233. The second-order valence-corrected chi connectivity index (χ2v) is 9.05. The zero-order valence-electron chi connectivity index (χ0n) is 20.4. The van der Waals surface area contributed by atoms with Crippen LogP contribution in [-0.4, -0.2) is 20.9 Å². The lowest BCUT2D eigenvalue weighted by atomic mass is 9.98. The van der Waals surface area contributed by atoms with Crippen molar-refractivity contribution >= 4 is 33.5 Å². The summed E-state index contributed by atoms with van der Waals surface area (Å²) in [5.74, 6) is -0.106. The highest BCUT2D eigenvalue weighted by Crippen LogP contribution is 2.33. The van der Waals surface area contributed by atoms with Gasteiger partial charge in [0.2, 0.25) is 0 Å². The van der Waals surface area contributed by atoms with Crippen LogP contribution in [0.4, 0.5) is 5.69 Å². The van der Waals surface area contributed by atoms with Gasteiger partial charge in [0.05, 0.1) is 22.5 Å². The number of rotatable bonds is 5. The number of aromatic nitrogens is 2. The highest BCUT2D eigenvalue weighted by atomic mass is 16.5. The summed E-state index contributed by atoms with van der Waals surface area (Å²) in [5, 5.41) is 18.3. The molecule has 5 rings (SSSR count). The number of aryl methyl sites for hydroxylation is 2. The van der Waals surface area contributed by atoms with E-state index in [9.17, 15) is 9.59 Å². The molecule has 1 amide bonds. The van der Waals surface area contributed by atoms with E-state index in [4.69, 9.17) is 9.62 Å². The number of benzene rings is 3. The molecule has 0 aliphatic carbocycles. The molecular formula is C28H26N4O4. The second kappa shape index (κ2) is 8.98. The Morgan fingerprint density at radius 3 is 2.67 bits per heavy atom. The van der Waals surface area contributed by atoms with Crippen molar-refractivity contribution in [1.29, 1.82) is 0 Å². The monoisotopic (exact) mass is 482 g/mol. The predicted molar refractivity (Wildman–Crippen MR) is 139 cm³/mol. The van der Waals surface area contributed by atoms with Crippen molar-refractivity contribution in [3.05, 3.63) is 93.3 Å². The maximum atomic E-state index is 13.5. The van der Waals surface area contributed by atoms with Crippen molar-refractivity contribution in [2.75, 3.05) is 5.32 Å². The molecule has 8 nitrogen and oxygen atoms in total. The molecule has 2 heterocycles. The van der Waals surface area contributed by atoms with Crippen molar-refractivity contribution in [2.24, 2.45) is 7.05 Å². The second-order valence-electron chi connectivity index (χ2n) is 9.05. The van der Waals surface area contributed by atoms with Gasteiger partial charge in [0.25, 0.3) is 5.91 Å². The molecule has 0 spiro atoms. The lowest BCUT2D eigenvalue weighted by molar-refractivity contribution is 0.0707. The van der Waals surface area contributed by atoms with Gasteiger partial charge in [0, 0.05) is 41.0 Å². The van der Waals surface area contributed by atoms with E-state index in [0.29, 0.717) is 33.5 Å². The van der Waals surface area contributed by atoms with Crippen molar-refractivity contribution < 1.29 is 14.4 Å². The molecule has 3 aromatic carbocycles. The van der Waals surface area contributed by atoms with Crippen LogP contribution >= 0.6 is 0 Å². The molecule has 36 heavy (non-hydrogen) atoms. The van der Waals surface area contributed by atoms with E-state index < -0.39 is 5.91 Å². The van der Waals surface area contributed by atoms with Gasteiger partial charge < -0.3 is 9.73 Å². The van der Waals surface area contributed by atoms with Crippen molar-refractivity contribution in [3.63, 3.8) is 0 Å². The molecule has 0 aliphatic rings. The molecule has 0 bridgehead atoms. The summed E-state index contributed by atoms with van der Waals surface area (Å²) in [6.45, 7) is 5.65. The molecule has 182 valence electrons. The first-order valence-electron chi connectivity index (χ1n) is 11.6.